The molecule has 7 nitrogen and oxygen atoms in total. The van der Waals surface area contributed by atoms with Crippen LogP contribution in [0, 0.1) is 5.92 Å². The summed E-state index contributed by atoms with van der Waals surface area (Å²) in [6.45, 7) is 5.28. The van der Waals surface area contributed by atoms with E-state index in [-0.39, 0.29) is 25.3 Å². The van der Waals surface area contributed by atoms with Gasteiger partial charge in [-0.05, 0) is 25.0 Å². The van der Waals surface area contributed by atoms with E-state index in [0.717, 1.165) is 4.90 Å². The van der Waals surface area contributed by atoms with Crippen LogP contribution in [0.15, 0.2) is 24.3 Å². The molecule has 1 heterocycles. The fourth-order valence-corrected chi connectivity index (χ4v) is 2.74. The van der Waals surface area contributed by atoms with Crippen molar-refractivity contribution in [3.63, 3.8) is 0 Å². The largest absolute Gasteiger partial charge is 0.481 e. The summed E-state index contributed by atoms with van der Waals surface area (Å²) in [7, 11) is 0. The number of rotatable bonds is 7. The lowest BCUT2D eigenvalue weighted by molar-refractivity contribution is -0.139. The lowest BCUT2D eigenvalue weighted by Crippen LogP contribution is -2.51. The zero-order valence-corrected chi connectivity index (χ0v) is 14.5. The van der Waals surface area contributed by atoms with Gasteiger partial charge < -0.3 is 10.4 Å². The molecular weight excluding hydrogens is 324 g/mol. The van der Waals surface area contributed by atoms with Gasteiger partial charge in [0.05, 0.1) is 17.5 Å². The van der Waals surface area contributed by atoms with Crippen molar-refractivity contribution in [2.75, 3.05) is 6.54 Å². The van der Waals surface area contributed by atoms with Crippen LogP contribution in [0.25, 0.3) is 0 Å². The SMILES string of the molecule is CC(C)C(C)(CC(=O)O)NC(=O)CCN1C(=O)c2ccccc2C1=O. The molecule has 2 rings (SSSR count). The number of hydrogen-bond donors (Lipinski definition) is 2. The van der Waals surface area contributed by atoms with Gasteiger partial charge in [-0.15, -0.1) is 0 Å². The average Bonchev–Trinajstić information content (AvgIpc) is 2.76. The number of nitrogens with zero attached hydrogens (tertiary/aromatic N) is 1. The second kappa shape index (κ2) is 7.04. The number of benzene rings is 1. The van der Waals surface area contributed by atoms with E-state index in [1.54, 1.807) is 31.2 Å². The number of carboxylic acids is 1. The van der Waals surface area contributed by atoms with Crippen LogP contribution >= 0.6 is 0 Å². The third-order valence-corrected chi connectivity index (χ3v) is 4.66. The summed E-state index contributed by atoms with van der Waals surface area (Å²) in [6, 6.07) is 6.52. The summed E-state index contributed by atoms with van der Waals surface area (Å²) in [4.78, 5) is 48.8. The maximum atomic E-state index is 12.3. The summed E-state index contributed by atoms with van der Waals surface area (Å²) in [6.07, 6.45) is -0.281. The van der Waals surface area contributed by atoms with Gasteiger partial charge in [0.25, 0.3) is 11.8 Å². The Kier molecular flexibility index (Phi) is 5.25. The lowest BCUT2D eigenvalue weighted by atomic mass is 9.85. The standard InChI is InChI=1S/C18H22N2O5/c1-11(2)18(3,10-15(22)23)19-14(21)8-9-20-16(24)12-6-4-5-7-13(12)17(20)25/h4-7,11H,8-10H2,1-3H3,(H,19,21)(H,22,23). The zero-order chi connectivity index (χ0) is 18.8. The Balaban J connectivity index is 2.00. The minimum atomic E-state index is -1.00. The minimum Gasteiger partial charge on any atom is -0.481 e. The molecule has 0 radical (unpaired) electrons. The van der Waals surface area contributed by atoms with Crippen LogP contribution in [0.1, 0.15) is 54.3 Å². The van der Waals surface area contributed by atoms with E-state index in [2.05, 4.69) is 5.32 Å². The molecule has 1 aliphatic heterocycles. The van der Waals surface area contributed by atoms with Gasteiger partial charge in [0.2, 0.25) is 5.91 Å². The minimum absolute atomic E-state index is 0.0422. The first kappa shape index (κ1) is 18.6. The van der Waals surface area contributed by atoms with Gasteiger partial charge in [0.1, 0.15) is 0 Å². The van der Waals surface area contributed by atoms with E-state index in [4.69, 9.17) is 5.11 Å². The number of aliphatic carboxylic acids is 1. The van der Waals surface area contributed by atoms with Crippen LogP contribution in [-0.2, 0) is 9.59 Å². The van der Waals surface area contributed by atoms with Crippen LogP contribution in [-0.4, -0.2) is 45.8 Å². The van der Waals surface area contributed by atoms with E-state index in [0.29, 0.717) is 11.1 Å². The fourth-order valence-electron chi connectivity index (χ4n) is 2.74. The second-order valence-corrected chi connectivity index (χ2v) is 6.75. The first-order valence-corrected chi connectivity index (χ1v) is 8.13. The Morgan fingerprint density at radius 2 is 1.68 bits per heavy atom. The van der Waals surface area contributed by atoms with Crippen molar-refractivity contribution in [2.45, 2.75) is 39.2 Å². The summed E-state index contributed by atoms with van der Waals surface area (Å²) in [5.41, 5.74) is -0.220. The summed E-state index contributed by atoms with van der Waals surface area (Å²) in [5.74, 6) is -2.31. The van der Waals surface area contributed by atoms with Gasteiger partial charge in [0, 0.05) is 18.5 Å². The van der Waals surface area contributed by atoms with Crippen LogP contribution in [0.4, 0.5) is 0 Å². The third-order valence-electron chi connectivity index (χ3n) is 4.66. The molecule has 0 bridgehead atoms. The van der Waals surface area contributed by atoms with Crippen molar-refractivity contribution < 1.29 is 24.3 Å². The highest BCUT2D eigenvalue weighted by Gasteiger charge is 2.36. The molecule has 0 aliphatic carbocycles. The summed E-state index contributed by atoms with van der Waals surface area (Å²) in [5, 5.41) is 11.8. The molecular formula is C18H22N2O5. The van der Waals surface area contributed by atoms with E-state index >= 15 is 0 Å². The first-order chi connectivity index (χ1) is 11.7. The first-order valence-electron chi connectivity index (χ1n) is 8.13. The highest BCUT2D eigenvalue weighted by Crippen LogP contribution is 2.23. The predicted octanol–water partition coefficient (Wildman–Crippen LogP) is 1.68. The number of carbonyl (C=O) groups is 4. The third kappa shape index (κ3) is 3.87. The molecule has 1 aromatic rings. The quantitative estimate of drug-likeness (QED) is 0.731. The van der Waals surface area contributed by atoms with Crippen molar-refractivity contribution in [3.05, 3.63) is 35.4 Å². The number of nitrogens with one attached hydrogen (secondary N) is 1. The molecule has 2 N–H and O–H groups in total. The average molecular weight is 346 g/mol. The zero-order valence-electron chi connectivity index (χ0n) is 14.5. The van der Waals surface area contributed by atoms with Crippen LogP contribution in [0.3, 0.4) is 0 Å². The molecule has 1 aliphatic rings. The van der Waals surface area contributed by atoms with Gasteiger partial charge in [-0.2, -0.15) is 0 Å². The topological polar surface area (TPSA) is 104 Å². The molecule has 0 aromatic heterocycles. The van der Waals surface area contributed by atoms with Crippen molar-refractivity contribution in [3.8, 4) is 0 Å². The van der Waals surface area contributed by atoms with Crippen LogP contribution < -0.4 is 5.32 Å². The van der Waals surface area contributed by atoms with Crippen molar-refractivity contribution in [2.24, 2.45) is 5.92 Å². The fraction of sp³-hybridized carbons (Fsp3) is 0.444. The Hall–Kier alpha value is -2.70. The van der Waals surface area contributed by atoms with Crippen molar-refractivity contribution in [1.29, 1.82) is 0 Å². The van der Waals surface area contributed by atoms with E-state index in [9.17, 15) is 19.2 Å². The molecule has 0 fully saturated rings. The molecule has 134 valence electrons. The van der Waals surface area contributed by atoms with Crippen molar-refractivity contribution >= 4 is 23.7 Å². The number of amides is 3. The number of imide groups is 1. The number of hydrogen-bond acceptors (Lipinski definition) is 4. The molecule has 7 heteroatoms. The van der Waals surface area contributed by atoms with Gasteiger partial charge in [-0.3, -0.25) is 24.1 Å². The van der Waals surface area contributed by atoms with E-state index in [1.807, 2.05) is 13.8 Å². The maximum absolute atomic E-state index is 12.3. The maximum Gasteiger partial charge on any atom is 0.305 e. The van der Waals surface area contributed by atoms with E-state index < -0.39 is 29.2 Å². The molecule has 3 amide bonds. The Morgan fingerprint density at radius 1 is 1.16 bits per heavy atom. The molecule has 0 spiro atoms. The Bertz CT molecular complexity index is 693. The highest BCUT2D eigenvalue weighted by atomic mass is 16.4. The number of carbonyl (C=O) groups excluding carboxylic acids is 3. The molecule has 1 unspecified atom stereocenters. The van der Waals surface area contributed by atoms with Crippen LogP contribution in [0.2, 0.25) is 0 Å². The molecule has 1 aromatic carbocycles. The van der Waals surface area contributed by atoms with Gasteiger partial charge in [-0.25, -0.2) is 0 Å². The summed E-state index contributed by atoms with van der Waals surface area (Å²) >= 11 is 0. The highest BCUT2D eigenvalue weighted by molar-refractivity contribution is 6.21. The summed E-state index contributed by atoms with van der Waals surface area (Å²) < 4.78 is 0. The number of carboxylic acid groups (broad SMARTS) is 1. The van der Waals surface area contributed by atoms with Crippen molar-refractivity contribution in [1.82, 2.24) is 10.2 Å². The smallest absolute Gasteiger partial charge is 0.305 e. The van der Waals surface area contributed by atoms with Gasteiger partial charge >= 0.3 is 5.97 Å². The lowest BCUT2D eigenvalue weighted by Gasteiger charge is -2.33. The van der Waals surface area contributed by atoms with Gasteiger partial charge in [0.15, 0.2) is 0 Å². The normalized spacial score (nSPS) is 15.9. The second-order valence-electron chi connectivity index (χ2n) is 6.75. The van der Waals surface area contributed by atoms with E-state index in [1.165, 1.54) is 0 Å². The Morgan fingerprint density at radius 3 is 2.12 bits per heavy atom. The van der Waals surface area contributed by atoms with Gasteiger partial charge in [-0.1, -0.05) is 26.0 Å². The number of fused-ring (bicyclic) bond motifs is 1. The molecule has 0 saturated carbocycles. The molecule has 0 saturated heterocycles. The Labute approximate surface area is 146 Å². The predicted molar refractivity (Wildman–Crippen MR) is 90.1 cm³/mol. The van der Waals surface area contributed by atoms with Crippen LogP contribution in [0.5, 0.6) is 0 Å². The molecule has 1 atom stereocenters. The monoisotopic (exact) mass is 346 g/mol. The molecule has 25 heavy (non-hydrogen) atoms.